The lowest BCUT2D eigenvalue weighted by atomic mass is 10.2. The van der Waals surface area contributed by atoms with Gasteiger partial charge in [-0.05, 0) is 19.1 Å². The number of furan rings is 1. The molecule has 0 radical (unpaired) electrons. The van der Waals surface area contributed by atoms with Gasteiger partial charge in [0.15, 0.2) is 5.76 Å². The third-order valence-electron chi connectivity index (χ3n) is 3.62. The van der Waals surface area contributed by atoms with Gasteiger partial charge in [0, 0.05) is 31.9 Å². The van der Waals surface area contributed by atoms with Crippen molar-refractivity contribution in [2.24, 2.45) is 0 Å². The molecule has 0 aromatic carbocycles. The van der Waals surface area contributed by atoms with E-state index in [4.69, 9.17) is 4.42 Å². The normalized spacial score (nSPS) is 15.3. The van der Waals surface area contributed by atoms with Gasteiger partial charge in [-0.2, -0.15) is 0 Å². The molecule has 0 aliphatic carbocycles. The molecule has 7 nitrogen and oxygen atoms in total. The van der Waals surface area contributed by atoms with Crippen LogP contribution in [-0.4, -0.2) is 57.8 Å². The molecule has 3 heterocycles. The van der Waals surface area contributed by atoms with Gasteiger partial charge in [0.2, 0.25) is 0 Å². The maximum atomic E-state index is 12.3. The van der Waals surface area contributed by atoms with Gasteiger partial charge >= 0.3 is 0 Å². The number of hydrogen-bond donors (Lipinski definition) is 1. The van der Waals surface area contributed by atoms with Crippen molar-refractivity contribution in [1.82, 2.24) is 19.8 Å². The van der Waals surface area contributed by atoms with E-state index in [2.05, 4.69) is 9.97 Å². The second-order valence-corrected chi connectivity index (χ2v) is 4.94. The molecule has 1 aliphatic rings. The molecule has 0 saturated carbocycles. The monoisotopic (exact) mass is 288 g/mol. The van der Waals surface area contributed by atoms with Crippen molar-refractivity contribution in [2.75, 3.05) is 26.2 Å². The van der Waals surface area contributed by atoms with Crippen molar-refractivity contribution in [3.05, 3.63) is 41.9 Å². The summed E-state index contributed by atoms with van der Waals surface area (Å²) in [5.41, 5.74) is 1.20. The lowest BCUT2D eigenvalue weighted by molar-refractivity contribution is 0.0515. The Morgan fingerprint density at radius 1 is 1.19 bits per heavy atom. The van der Waals surface area contributed by atoms with Crippen LogP contribution < -0.4 is 0 Å². The zero-order valence-electron chi connectivity index (χ0n) is 11.7. The van der Waals surface area contributed by atoms with E-state index in [1.165, 1.54) is 12.6 Å². The highest BCUT2D eigenvalue weighted by atomic mass is 16.3. The Bertz CT molecular complexity index is 639. The van der Waals surface area contributed by atoms with Crippen LogP contribution >= 0.6 is 0 Å². The first-order chi connectivity index (χ1) is 10.2. The van der Waals surface area contributed by atoms with E-state index in [0.717, 1.165) is 5.69 Å². The number of piperazine rings is 1. The summed E-state index contributed by atoms with van der Waals surface area (Å²) in [6.07, 6.45) is 2.99. The Balaban J connectivity index is 1.62. The maximum Gasteiger partial charge on any atom is 0.289 e. The van der Waals surface area contributed by atoms with Crippen molar-refractivity contribution in [3.63, 3.8) is 0 Å². The number of rotatable bonds is 2. The summed E-state index contributed by atoms with van der Waals surface area (Å²) in [4.78, 5) is 34.8. The van der Waals surface area contributed by atoms with Gasteiger partial charge < -0.3 is 19.2 Å². The summed E-state index contributed by atoms with van der Waals surface area (Å²) in [5, 5.41) is 0. The highest BCUT2D eigenvalue weighted by molar-refractivity contribution is 5.94. The molecule has 2 aromatic heterocycles. The van der Waals surface area contributed by atoms with E-state index in [0.29, 0.717) is 37.6 Å². The number of imidazole rings is 1. The van der Waals surface area contributed by atoms with Crippen molar-refractivity contribution < 1.29 is 14.0 Å². The summed E-state index contributed by atoms with van der Waals surface area (Å²) in [7, 11) is 0. The summed E-state index contributed by atoms with van der Waals surface area (Å²) < 4.78 is 5.11. The first kappa shape index (κ1) is 13.4. The third kappa shape index (κ3) is 2.54. The van der Waals surface area contributed by atoms with Gasteiger partial charge in [-0.1, -0.05) is 0 Å². The molecule has 2 aromatic rings. The van der Waals surface area contributed by atoms with Crippen molar-refractivity contribution in [1.29, 1.82) is 0 Å². The average molecular weight is 288 g/mol. The molecule has 0 atom stereocenters. The summed E-state index contributed by atoms with van der Waals surface area (Å²) in [6, 6.07) is 3.33. The summed E-state index contributed by atoms with van der Waals surface area (Å²) in [5.74, 6) is 0.0971. The molecule has 7 heteroatoms. The van der Waals surface area contributed by atoms with E-state index >= 15 is 0 Å². The fourth-order valence-electron chi connectivity index (χ4n) is 2.39. The molecule has 1 fully saturated rings. The fraction of sp³-hybridized carbons (Fsp3) is 0.357. The van der Waals surface area contributed by atoms with E-state index in [-0.39, 0.29) is 11.8 Å². The summed E-state index contributed by atoms with van der Waals surface area (Å²) in [6.45, 7) is 3.80. The van der Waals surface area contributed by atoms with Crippen LogP contribution in [0.1, 0.15) is 26.7 Å². The first-order valence-corrected chi connectivity index (χ1v) is 6.79. The Labute approximate surface area is 121 Å². The highest BCUT2D eigenvalue weighted by Crippen LogP contribution is 2.12. The van der Waals surface area contributed by atoms with Gasteiger partial charge in [0.05, 0.1) is 12.6 Å². The second-order valence-electron chi connectivity index (χ2n) is 4.94. The SMILES string of the molecule is Cc1[nH]cnc1C(=O)N1CCN(C(=O)c2ccco2)CC1. The molecule has 110 valence electrons. The topological polar surface area (TPSA) is 82.4 Å². The number of H-pyrrole nitrogens is 1. The minimum Gasteiger partial charge on any atom is -0.459 e. The van der Waals surface area contributed by atoms with Crippen LogP contribution in [0.15, 0.2) is 29.1 Å². The van der Waals surface area contributed by atoms with E-state index in [1.54, 1.807) is 21.9 Å². The quantitative estimate of drug-likeness (QED) is 0.890. The Morgan fingerprint density at radius 3 is 2.38 bits per heavy atom. The van der Waals surface area contributed by atoms with Gasteiger partial charge in [0.1, 0.15) is 5.69 Å². The Morgan fingerprint density at radius 2 is 1.86 bits per heavy atom. The van der Waals surface area contributed by atoms with E-state index < -0.39 is 0 Å². The first-order valence-electron chi connectivity index (χ1n) is 6.79. The predicted molar refractivity (Wildman–Crippen MR) is 73.8 cm³/mol. The number of aromatic nitrogens is 2. The smallest absolute Gasteiger partial charge is 0.289 e. The molecular weight excluding hydrogens is 272 g/mol. The minimum absolute atomic E-state index is 0.0983. The van der Waals surface area contributed by atoms with Gasteiger partial charge in [-0.3, -0.25) is 9.59 Å². The number of nitrogens with one attached hydrogen (secondary N) is 1. The van der Waals surface area contributed by atoms with Crippen LogP contribution in [0, 0.1) is 6.92 Å². The van der Waals surface area contributed by atoms with Gasteiger partial charge in [-0.25, -0.2) is 4.98 Å². The lowest BCUT2D eigenvalue weighted by Gasteiger charge is -2.34. The van der Waals surface area contributed by atoms with Gasteiger partial charge in [0.25, 0.3) is 11.8 Å². The van der Waals surface area contributed by atoms with Crippen LogP contribution in [0.5, 0.6) is 0 Å². The number of aryl methyl sites for hydroxylation is 1. The van der Waals surface area contributed by atoms with Crippen LogP contribution in [0.25, 0.3) is 0 Å². The molecule has 1 saturated heterocycles. The Kier molecular flexibility index (Phi) is 3.47. The molecular formula is C14H16N4O3. The van der Waals surface area contributed by atoms with Crippen LogP contribution in [0.3, 0.4) is 0 Å². The molecule has 0 spiro atoms. The molecule has 0 bridgehead atoms. The predicted octanol–water partition coefficient (Wildman–Crippen LogP) is 0.909. The third-order valence-corrected chi connectivity index (χ3v) is 3.62. The number of amides is 2. The second kappa shape index (κ2) is 5.43. The number of carbonyl (C=O) groups excluding carboxylic acids is 2. The number of hydrogen-bond acceptors (Lipinski definition) is 4. The van der Waals surface area contributed by atoms with Crippen LogP contribution in [0.2, 0.25) is 0 Å². The summed E-state index contributed by atoms with van der Waals surface area (Å²) >= 11 is 0. The van der Waals surface area contributed by atoms with E-state index in [1.807, 2.05) is 6.92 Å². The highest BCUT2D eigenvalue weighted by Gasteiger charge is 2.27. The zero-order chi connectivity index (χ0) is 14.8. The molecule has 2 amide bonds. The van der Waals surface area contributed by atoms with Crippen molar-refractivity contribution in [2.45, 2.75) is 6.92 Å². The van der Waals surface area contributed by atoms with Crippen LogP contribution in [-0.2, 0) is 0 Å². The largest absolute Gasteiger partial charge is 0.459 e. The molecule has 1 aliphatic heterocycles. The zero-order valence-corrected chi connectivity index (χ0v) is 11.7. The molecule has 3 rings (SSSR count). The van der Waals surface area contributed by atoms with Gasteiger partial charge in [-0.15, -0.1) is 0 Å². The molecule has 0 unspecified atom stereocenters. The molecule has 1 N–H and O–H groups in total. The Hall–Kier alpha value is -2.57. The van der Waals surface area contributed by atoms with Crippen molar-refractivity contribution in [3.8, 4) is 0 Å². The molecule has 21 heavy (non-hydrogen) atoms. The maximum absolute atomic E-state index is 12.3. The van der Waals surface area contributed by atoms with Crippen molar-refractivity contribution >= 4 is 11.8 Å². The standard InChI is InChI=1S/C14H16N4O3/c1-10-12(16-9-15-10)14(20)18-6-4-17(5-7-18)13(19)11-3-2-8-21-11/h2-3,8-9H,4-7H2,1H3,(H,15,16). The minimum atomic E-state index is -0.136. The number of nitrogens with zero attached hydrogens (tertiary/aromatic N) is 3. The number of aromatic amines is 1. The van der Waals surface area contributed by atoms with Crippen LogP contribution in [0.4, 0.5) is 0 Å². The van der Waals surface area contributed by atoms with E-state index in [9.17, 15) is 9.59 Å². The average Bonchev–Trinajstić information content (AvgIpc) is 3.17. The number of carbonyl (C=O) groups is 2. The fourth-order valence-corrected chi connectivity index (χ4v) is 2.39. The lowest BCUT2D eigenvalue weighted by Crippen LogP contribution is -2.50.